The van der Waals surface area contributed by atoms with Gasteiger partial charge in [0, 0.05) is 0 Å². The normalized spacial score (nSPS) is 10.2. The van der Waals surface area contributed by atoms with E-state index in [2.05, 4.69) is 17.1 Å². The van der Waals surface area contributed by atoms with Crippen LogP contribution in [0.1, 0.15) is 35.8 Å². The van der Waals surface area contributed by atoms with E-state index in [4.69, 9.17) is 11.5 Å². The van der Waals surface area contributed by atoms with Crippen molar-refractivity contribution in [2.45, 2.75) is 26.2 Å². The number of nitrogens with zero attached hydrogens (tertiary/aromatic N) is 1. The number of aromatic nitrogens is 2. The first-order chi connectivity index (χ1) is 6.16. The molecule has 1 amide bonds. The smallest absolute Gasteiger partial charge is 0.254 e. The lowest BCUT2D eigenvalue weighted by atomic mass is 10.1. The third kappa shape index (κ3) is 1.99. The number of carbonyl (C=O) groups excluding carboxylic acids is 1. The minimum atomic E-state index is -0.516. The van der Waals surface area contributed by atoms with Crippen LogP contribution in [0.4, 0.5) is 5.82 Å². The number of nitrogens with two attached hydrogens (primary N) is 2. The van der Waals surface area contributed by atoms with Crippen LogP contribution in [0.2, 0.25) is 0 Å². The lowest BCUT2D eigenvalue weighted by Crippen LogP contribution is -2.14. The molecule has 5 nitrogen and oxygen atoms in total. The third-order valence-electron chi connectivity index (χ3n) is 1.90. The van der Waals surface area contributed by atoms with Gasteiger partial charge in [-0.05, 0) is 12.8 Å². The van der Waals surface area contributed by atoms with Crippen LogP contribution in [0.3, 0.4) is 0 Å². The Labute approximate surface area is 76.5 Å². The molecule has 13 heavy (non-hydrogen) atoms. The van der Waals surface area contributed by atoms with Gasteiger partial charge in [0.05, 0.1) is 5.69 Å². The highest BCUT2D eigenvalue weighted by atomic mass is 16.1. The first-order valence-corrected chi connectivity index (χ1v) is 4.29. The quantitative estimate of drug-likeness (QED) is 0.629. The molecule has 0 saturated carbocycles. The van der Waals surface area contributed by atoms with E-state index in [0.29, 0.717) is 5.56 Å². The second kappa shape index (κ2) is 3.93. The molecule has 1 aromatic heterocycles. The molecule has 0 radical (unpaired) electrons. The van der Waals surface area contributed by atoms with Crippen LogP contribution in [0.5, 0.6) is 0 Å². The highest BCUT2D eigenvalue weighted by Crippen LogP contribution is 2.14. The van der Waals surface area contributed by atoms with Crippen LogP contribution in [0, 0.1) is 0 Å². The number of nitrogens with one attached hydrogen (secondary N) is 1. The molecule has 72 valence electrons. The largest absolute Gasteiger partial charge is 0.382 e. The fraction of sp³-hybridized carbons (Fsp3) is 0.500. The molecular formula is C8H14N4O. The summed E-state index contributed by atoms with van der Waals surface area (Å²) in [5.74, 6) is -0.323. The Bertz CT molecular complexity index is 305. The number of hydrogen-bond donors (Lipinski definition) is 3. The zero-order chi connectivity index (χ0) is 9.84. The van der Waals surface area contributed by atoms with Gasteiger partial charge in [0.25, 0.3) is 5.91 Å². The number of nitrogen functional groups attached to an aromatic ring is 1. The summed E-state index contributed by atoms with van der Waals surface area (Å²) in [4.78, 5) is 10.9. The number of anilines is 1. The maximum Gasteiger partial charge on any atom is 0.254 e. The topological polar surface area (TPSA) is 97.8 Å². The van der Waals surface area contributed by atoms with E-state index < -0.39 is 5.91 Å². The summed E-state index contributed by atoms with van der Waals surface area (Å²) in [6.45, 7) is 2.07. The predicted molar refractivity (Wildman–Crippen MR) is 50.1 cm³/mol. The minimum absolute atomic E-state index is 0.193. The number of aryl methyl sites for hydroxylation is 1. The Balaban J connectivity index is 2.87. The monoisotopic (exact) mass is 182 g/mol. The van der Waals surface area contributed by atoms with Gasteiger partial charge in [0.2, 0.25) is 0 Å². The highest BCUT2D eigenvalue weighted by Gasteiger charge is 2.14. The van der Waals surface area contributed by atoms with Crippen molar-refractivity contribution >= 4 is 11.7 Å². The van der Waals surface area contributed by atoms with Gasteiger partial charge in [-0.1, -0.05) is 13.3 Å². The average molecular weight is 182 g/mol. The molecule has 5 heteroatoms. The second-order valence-electron chi connectivity index (χ2n) is 2.93. The van der Waals surface area contributed by atoms with Gasteiger partial charge in [-0.25, -0.2) is 0 Å². The summed E-state index contributed by atoms with van der Waals surface area (Å²) in [5, 5.41) is 6.46. The minimum Gasteiger partial charge on any atom is -0.382 e. The van der Waals surface area contributed by atoms with Crippen molar-refractivity contribution in [3.8, 4) is 0 Å². The first kappa shape index (κ1) is 9.57. The lowest BCUT2D eigenvalue weighted by Gasteiger charge is -1.98. The number of rotatable bonds is 4. The summed E-state index contributed by atoms with van der Waals surface area (Å²) in [6, 6.07) is 0. The molecule has 0 aliphatic heterocycles. The van der Waals surface area contributed by atoms with Crippen molar-refractivity contribution in [2.75, 3.05) is 5.73 Å². The zero-order valence-corrected chi connectivity index (χ0v) is 7.63. The number of aromatic amines is 1. The van der Waals surface area contributed by atoms with E-state index in [9.17, 15) is 4.79 Å². The predicted octanol–water partition coefficient (Wildman–Crippen LogP) is 0.433. The van der Waals surface area contributed by atoms with Crippen LogP contribution >= 0.6 is 0 Å². The van der Waals surface area contributed by atoms with Gasteiger partial charge in [-0.15, -0.1) is 0 Å². The van der Waals surface area contributed by atoms with E-state index in [1.165, 1.54) is 0 Å². The Morgan fingerprint density at radius 1 is 1.62 bits per heavy atom. The second-order valence-corrected chi connectivity index (χ2v) is 2.93. The first-order valence-electron chi connectivity index (χ1n) is 4.29. The standard InChI is InChI=1S/C8H14N4O/c1-2-3-4-5-6(8(10)13)7(9)12-11-5/h2-4H2,1H3,(H2,10,13)(H3,9,11,12). The highest BCUT2D eigenvalue weighted by molar-refractivity contribution is 5.98. The lowest BCUT2D eigenvalue weighted by molar-refractivity contribution is 0.100. The molecule has 0 fully saturated rings. The average Bonchev–Trinajstić information content (AvgIpc) is 2.43. The Morgan fingerprint density at radius 2 is 2.31 bits per heavy atom. The molecule has 1 rings (SSSR count). The Morgan fingerprint density at radius 3 is 2.85 bits per heavy atom. The SMILES string of the molecule is CCCCc1[nH]nc(N)c1C(N)=O. The molecule has 0 spiro atoms. The number of hydrogen-bond acceptors (Lipinski definition) is 3. The molecule has 0 atom stereocenters. The molecule has 0 bridgehead atoms. The van der Waals surface area contributed by atoms with Gasteiger partial charge >= 0.3 is 0 Å². The number of unbranched alkanes of at least 4 members (excludes halogenated alkanes) is 1. The zero-order valence-electron chi connectivity index (χ0n) is 7.63. The van der Waals surface area contributed by atoms with Crippen LogP contribution in [0.25, 0.3) is 0 Å². The molecule has 0 aromatic carbocycles. The van der Waals surface area contributed by atoms with Crippen molar-refractivity contribution < 1.29 is 4.79 Å². The number of primary amides is 1. The number of carbonyl (C=O) groups is 1. The summed E-state index contributed by atoms with van der Waals surface area (Å²) in [5.41, 5.74) is 11.7. The van der Waals surface area contributed by atoms with Gasteiger partial charge < -0.3 is 11.5 Å². The molecular weight excluding hydrogens is 168 g/mol. The molecule has 1 heterocycles. The molecule has 0 aliphatic carbocycles. The Hall–Kier alpha value is -1.52. The summed E-state index contributed by atoms with van der Waals surface area (Å²) >= 11 is 0. The van der Waals surface area contributed by atoms with Crippen LogP contribution in [-0.2, 0) is 6.42 Å². The summed E-state index contributed by atoms with van der Waals surface area (Å²) in [6.07, 6.45) is 2.80. The van der Waals surface area contributed by atoms with Crippen molar-refractivity contribution in [2.24, 2.45) is 5.73 Å². The van der Waals surface area contributed by atoms with Gasteiger partial charge in [0.15, 0.2) is 5.82 Å². The maximum absolute atomic E-state index is 10.9. The van der Waals surface area contributed by atoms with Gasteiger partial charge in [-0.2, -0.15) is 5.10 Å². The molecule has 0 unspecified atom stereocenters. The molecule has 0 saturated heterocycles. The molecule has 1 aromatic rings. The van der Waals surface area contributed by atoms with E-state index in [1.54, 1.807) is 0 Å². The van der Waals surface area contributed by atoms with E-state index in [0.717, 1.165) is 25.0 Å². The van der Waals surface area contributed by atoms with E-state index in [-0.39, 0.29) is 5.82 Å². The Kier molecular flexibility index (Phi) is 2.89. The summed E-state index contributed by atoms with van der Waals surface area (Å²) in [7, 11) is 0. The number of amides is 1. The van der Waals surface area contributed by atoms with Crippen molar-refractivity contribution in [3.63, 3.8) is 0 Å². The molecule has 5 N–H and O–H groups in total. The third-order valence-corrected chi connectivity index (χ3v) is 1.90. The fourth-order valence-electron chi connectivity index (χ4n) is 1.20. The van der Waals surface area contributed by atoms with Gasteiger partial charge in [-0.3, -0.25) is 9.89 Å². The molecule has 0 aliphatic rings. The van der Waals surface area contributed by atoms with Gasteiger partial charge in [0.1, 0.15) is 5.56 Å². The van der Waals surface area contributed by atoms with Crippen molar-refractivity contribution in [3.05, 3.63) is 11.3 Å². The van der Waals surface area contributed by atoms with Crippen LogP contribution in [0.15, 0.2) is 0 Å². The maximum atomic E-state index is 10.9. The summed E-state index contributed by atoms with van der Waals surface area (Å²) < 4.78 is 0. The van der Waals surface area contributed by atoms with Crippen molar-refractivity contribution in [1.29, 1.82) is 0 Å². The van der Waals surface area contributed by atoms with Crippen LogP contribution in [-0.4, -0.2) is 16.1 Å². The fourth-order valence-corrected chi connectivity index (χ4v) is 1.20. The van der Waals surface area contributed by atoms with E-state index in [1.807, 2.05) is 0 Å². The van der Waals surface area contributed by atoms with E-state index >= 15 is 0 Å². The van der Waals surface area contributed by atoms with Crippen molar-refractivity contribution in [1.82, 2.24) is 10.2 Å². The number of H-pyrrole nitrogens is 1. The van der Waals surface area contributed by atoms with Crippen LogP contribution < -0.4 is 11.5 Å².